The van der Waals surface area contributed by atoms with Gasteiger partial charge in [-0.15, -0.1) is 0 Å². The molecule has 1 aromatic carbocycles. The van der Waals surface area contributed by atoms with Crippen molar-refractivity contribution < 1.29 is 13.7 Å². The molecule has 1 saturated heterocycles. The lowest BCUT2D eigenvalue weighted by atomic mass is 10.0. The first-order valence-corrected chi connectivity index (χ1v) is 7.10. The molecule has 0 radical (unpaired) electrons. The van der Waals surface area contributed by atoms with Crippen LogP contribution in [-0.2, 0) is 17.6 Å². The smallest absolute Gasteiger partial charge is 0.407 e. The van der Waals surface area contributed by atoms with E-state index in [4.69, 9.17) is 8.93 Å². The Morgan fingerprint density at radius 3 is 3.10 bits per heavy atom. The van der Waals surface area contributed by atoms with Gasteiger partial charge in [-0.2, -0.15) is 0 Å². The van der Waals surface area contributed by atoms with Gasteiger partial charge in [0.25, 0.3) is 0 Å². The van der Waals surface area contributed by atoms with Gasteiger partial charge in [-0.25, -0.2) is 4.79 Å². The van der Waals surface area contributed by atoms with Crippen molar-refractivity contribution in [3.05, 3.63) is 35.5 Å². The minimum absolute atomic E-state index is 0.213. The number of aromatic nitrogens is 1. The molecule has 0 aliphatic carbocycles. The molecule has 0 spiro atoms. The zero-order chi connectivity index (χ0) is 17.4. The first-order valence-electron chi connectivity index (χ1n) is 8.49. The largest absolute Gasteiger partial charge is 0.447 e. The van der Waals surface area contributed by atoms with Gasteiger partial charge in [0.15, 0.2) is 2.82 Å². The Balaban J connectivity index is 1.91. The number of carbonyl (C=O) groups excluding carboxylic acids is 1. The second-order valence-electron chi connectivity index (χ2n) is 5.67. The summed E-state index contributed by atoms with van der Waals surface area (Å²) < 4.78 is 28.8. The first-order chi connectivity index (χ1) is 11.4. The molecular formula is C16H21N3O2. The Morgan fingerprint density at radius 1 is 1.52 bits per heavy atom. The molecule has 5 nitrogen and oxygen atoms in total. The van der Waals surface area contributed by atoms with Gasteiger partial charge in [-0.3, -0.25) is 0 Å². The zero-order valence-electron chi connectivity index (χ0n) is 15.3. The number of hydrogen-bond donors (Lipinski definition) is 2. The Hall–Kier alpha value is -2.01. The van der Waals surface area contributed by atoms with Gasteiger partial charge in [0, 0.05) is 23.6 Å². The molecule has 0 bridgehead atoms. The van der Waals surface area contributed by atoms with E-state index in [0.717, 1.165) is 33.3 Å². The second kappa shape index (κ2) is 5.77. The van der Waals surface area contributed by atoms with Crippen molar-refractivity contribution in [2.45, 2.75) is 18.9 Å². The zero-order valence-corrected chi connectivity index (χ0v) is 12.3. The summed E-state index contributed by atoms with van der Waals surface area (Å²) in [7, 11) is 3.96. The summed E-state index contributed by atoms with van der Waals surface area (Å²) in [4.78, 5) is 14.5. The monoisotopic (exact) mass is 290 g/mol. The molecule has 21 heavy (non-hydrogen) atoms. The van der Waals surface area contributed by atoms with Crippen LogP contribution < -0.4 is 5.31 Å². The fourth-order valence-corrected chi connectivity index (χ4v) is 2.53. The van der Waals surface area contributed by atoms with E-state index in [1.807, 2.05) is 32.3 Å². The van der Waals surface area contributed by atoms with Gasteiger partial charge in [-0.05, 0) is 50.2 Å². The average molecular weight is 290 g/mol. The molecular weight excluding hydrogens is 266 g/mol. The van der Waals surface area contributed by atoms with Gasteiger partial charge in [-0.1, -0.05) is 6.07 Å². The predicted octanol–water partition coefficient (Wildman–Crippen LogP) is 1.92. The molecule has 2 aromatic rings. The average Bonchev–Trinajstić information content (AvgIpc) is 2.97. The van der Waals surface area contributed by atoms with Crippen LogP contribution in [0.5, 0.6) is 0 Å². The Kier molecular flexibility index (Phi) is 2.94. The molecule has 1 aliphatic rings. The number of rotatable bonds is 5. The van der Waals surface area contributed by atoms with E-state index in [2.05, 4.69) is 4.90 Å². The number of likely N-dealkylation sites (N-methyl/N-ethyl adjacent to an activating group) is 1. The summed E-state index contributed by atoms with van der Waals surface area (Å²) in [6.07, 6.45) is 0.825. The number of aromatic amines is 1. The van der Waals surface area contributed by atoms with Crippen LogP contribution in [0.3, 0.4) is 0 Å². The van der Waals surface area contributed by atoms with E-state index in [9.17, 15) is 4.79 Å². The summed E-state index contributed by atoms with van der Waals surface area (Å²) in [6.45, 7) is 1.03. The van der Waals surface area contributed by atoms with E-state index in [-0.39, 0.29) is 18.8 Å². The van der Waals surface area contributed by atoms with E-state index in [1.165, 1.54) is 0 Å². The van der Waals surface area contributed by atoms with Crippen molar-refractivity contribution in [2.24, 2.45) is 0 Å². The minimum Gasteiger partial charge on any atom is -0.447 e. The fraction of sp³-hybridized carbons (Fsp3) is 0.438. The van der Waals surface area contributed by atoms with Crippen LogP contribution >= 0.6 is 0 Å². The quantitative estimate of drug-likeness (QED) is 0.884. The molecule has 1 amide bonds. The van der Waals surface area contributed by atoms with E-state index in [0.29, 0.717) is 18.4 Å². The first kappa shape index (κ1) is 10.7. The molecule has 112 valence electrons. The number of cyclic esters (lactones) is 1. The lowest BCUT2D eigenvalue weighted by Gasteiger charge is -2.09. The predicted molar refractivity (Wildman–Crippen MR) is 82.5 cm³/mol. The van der Waals surface area contributed by atoms with Crippen LogP contribution in [0.4, 0.5) is 4.79 Å². The number of fused-ring (bicyclic) bond motifs is 1. The topological polar surface area (TPSA) is 57.4 Å². The highest BCUT2D eigenvalue weighted by molar-refractivity contribution is 5.84. The van der Waals surface area contributed by atoms with Crippen LogP contribution in [0.25, 0.3) is 10.9 Å². The maximum absolute atomic E-state index is 11.3. The minimum atomic E-state index is -0.612. The van der Waals surface area contributed by atoms with Crippen molar-refractivity contribution >= 4 is 17.0 Å². The Morgan fingerprint density at radius 2 is 2.38 bits per heavy atom. The van der Waals surface area contributed by atoms with Gasteiger partial charge in [0.05, 0.1) is 7.41 Å². The molecule has 5 heteroatoms. The van der Waals surface area contributed by atoms with Gasteiger partial charge in [0.1, 0.15) is 6.61 Å². The van der Waals surface area contributed by atoms with Crippen LogP contribution in [0.2, 0.25) is 2.82 Å². The van der Waals surface area contributed by atoms with Crippen LogP contribution in [-0.4, -0.2) is 49.3 Å². The molecule has 3 rings (SSSR count). The molecule has 1 aromatic heterocycles. The number of hydrogen-bond acceptors (Lipinski definition) is 3. The van der Waals surface area contributed by atoms with Crippen LogP contribution in [0.1, 0.15) is 12.5 Å². The summed E-state index contributed by atoms with van der Waals surface area (Å²) in [5.74, 6) is 0. The van der Waals surface area contributed by atoms with Gasteiger partial charge >= 0.3 is 6.09 Å². The summed E-state index contributed by atoms with van der Waals surface area (Å²) in [6, 6.07) is 5.40. The van der Waals surface area contributed by atoms with E-state index < -0.39 is 6.09 Å². The van der Waals surface area contributed by atoms with Crippen molar-refractivity contribution in [1.29, 1.82) is 0 Å². The maximum atomic E-state index is 11.3. The van der Waals surface area contributed by atoms with Crippen molar-refractivity contribution in [3.8, 4) is 0 Å². The highest BCUT2D eigenvalue weighted by Gasteiger charge is 2.22. The van der Waals surface area contributed by atoms with E-state index >= 15 is 0 Å². The normalized spacial score (nSPS) is 20.7. The highest BCUT2D eigenvalue weighted by atomic mass is 16.6. The number of alkyl carbamates (subject to hydrolysis) is 1. The third-order valence-corrected chi connectivity index (χ3v) is 3.66. The number of nitrogens with zero attached hydrogens (tertiary/aromatic N) is 1. The van der Waals surface area contributed by atoms with Gasteiger partial charge < -0.3 is 19.9 Å². The lowest BCUT2D eigenvalue weighted by Crippen LogP contribution is -2.28. The number of carbonyl (C=O) groups is 1. The van der Waals surface area contributed by atoms with E-state index in [1.54, 1.807) is 0 Å². The number of ether oxygens (including phenoxy) is 1. The SMILES string of the molecule is [2H]c1c(CCN(C)C)c2cc(C[C@H]3COC(=O)N3[2H])ccc2n1[2H]. The third-order valence-electron chi connectivity index (χ3n) is 3.66. The molecule has 1 aliphatic heterocycles. The Bertz CT molecular complexity index is 776. The number of nitrogens with one attached hydrogen (secondary N) is 2. The summed E-state index contributed by atoms with van der Waals surface area (Å²) in [5, 5.41) is 1.78. The lowest BCUT2D eigenvalue weighted by molar-refractivity contribution is 0.177. The van der Waals surface area contributed by atoms with Crippen molar-refractivity contribution in [2.75, 3.05) is 27.2 Å². The molecule has 2 N–H and O–H groups in total. The van der Waals surface area contributed by atoms with Crippen LogP contribution in [0, 0.1) is 0 Å². The standard InChI is InChI=1S/C16H21N3O2/c1-19(2)6-5-12-9-17-15-4-3-11(8-14(12)15)7-13-10-21-16(20)18-13/h3-4,8-9,13,17H,5-7,10H2,1-2H3,(H,18,20)/t13-/m0/s1/i9D/hD2. The third kappa shape index (κ3) is 3.19. The molecule has 0 unspecified atom stereocenters. The molecule has 1 fully saturated rings. The molecule has 2 heterocycles. The maximum Gasteiger partial charge on any atom is 0.407 e. The second-order valence-corrected chi connectivity index (χ2v) is 5.67. The highest BCUT2D eigenvalue weighted by Crippen LogP contribution is 2.21. The van der Waals surface area contributed by atoms with Crippen molar-refractivity contribution in [1.82, 2.24) is 15.2 Å². The fourth-order valence-electron chi connectivity index (χ4n) is 2.53. The van der Waals surface area contributed by atoms with Crippen molar-refractivity contribution in [3.63, 3.8) is 0 Å². The van der Waals surface area contributed by atoms with Crippen LogP contribution in [0.15, 0.2) is 24.4 Å². The summed E-state index contributed by atoms with van der Waals surface area (Å²) >= 11 is 0. The van der Waals surface area contributed by atoms with Gasteiger partial charge in [0.2, 0.25) is 0 Å². The summed E-state index contributed by atoms with van der Waals surface area (Å²) in [5.41, 5.74) is 2.54. The molecule has 0 saturated carbocycles. The Labute approximate surface area is 128 Å². The number of benzene rings is 1. The number of amides is 1. The number of H-pyrrole nitrogens is 1. The molecule has 1 atom stereocenters.